The van der Waals surface area contributed by atoms with Crippen LogP contribution >= 0.6 is 0 Å². The molecule has 5 aromatic rings. The maximum atomic E-state index is 13.1. The number of furan rings is 1. The minimum Gasteiger partial charge on any atom is -0.463 e. The molecule has 0 atom stereocenters. The van der Waals surface area contributed by atoms with Gasteiger partial charge in [-0.05, 0) is 37.3 Å². The Hall–Kier alpha value is -4.47. The molecule has 0 fully saturated rings. The maximum absolute atomic E-state index is 13.1. The van der Waals surface area contributed by atoms with Crippen LogP contribution in [0.5, 0.6) is 0 Å². The molecule has 0 spiro atoms. The van der Waals surface area contributed by atoms with Crippen molar-refractivity contribution < 1.29 is 18.3 Å². The molecule has 0 aliphatic carbocycles. The van der Waals surface area contributed by atoms with E-state index in [1.54, 1.807) is 49.4 Å². The number of aromatic amines is 1. The van der Waals surface area contributed by atoms with Gasteiger partial charge in [-0.1, -0.05) is 22.4 Å². The molecule has 0 saturated heterocycles. The van der Waals surface area contributed by atoms with Gasteiger partial charge in [0.25, 0.3) is 11.6 Å². The molecule has 0 aliphatic rings. The van der Waals surface area contributed by atoms with Gasteiger partial charge in [0.15, 0.2) is 11.6 Å². The fourth-order valence-electron chi connectivity index (χ4n) is 3.12. The van der Waals surface area contributed by atoms with E-state index in [-0.39, 0.29) is 17.4 Å². The summed E-state index contributed by atoms with van der Waals surface area (Å²) >= 11 is 0. The first-order valence-electron chi connectivity index (χ1n) is 8.87. The van der Waals surface area contributed by atoms with Crippen LogP contribution in [0.15, 0.2) is 67.0 Å². The largest absolute Gasteiger partial charge is 0.463 e. The Morgan fingerprint density at radius 3 is 2.77 bits per heavy atom. The third-order valence-electron chi connectivity index (χ3n) is 4.47. The van der Waals surface area contributed by atoms with Crippen LogP contribution in [0.25, 0.3) is 33.9 Å². The average Bonchev–Trinajstić information content (AvgIpc) is 3.49. The Labute approximate surface area is 167 Å². The molecule has 2 N–H and O–H groups in total. The first kappa shape index (κ1) is 17.6. The van der Waals surface area contributed by atoms with Crippen LogP contribution in [0, 0.1) is 6.92 Å². The summed E-state index contributed by atoms with van der Waals surface area (Å²) in [4.78, 5) is 31.2. The fraction of sp³-hybridized carbons (Fsp3) is 0.0500. The zero-order chi connectivity index (χ0) is 20.7. The Morgan fingerprint density at radius 2 is 2.00 bits per heavy atom. The summed E-state index contributed by atoms with van der Waals surface area (Å²) in [5.74, 6) is -0.284. The van der Waals surface area contributed by atoms with Crippen molar-refractivity contribution in [2.24, 2.45) is 0 Å². The van der Waals surface area contributed by atoms with Crippen molar-refractivity contribution in [3.63, 3.8) is 0 Å². The number of fused-ring (bicyclic) bond motifs is 1. The highest BCUT2D eigenvalue weighted by Crippen LogP contribution is 2.28. The maximum Gasteiger partial charge on any atom is 0.439 e. The van der Waals surface area contributed by atoms with Crippen LogP contribution in [0.3, 0.4) is 0 Å². The van der Waals surface area contributed by atoms with Crippen LogP contribution in [0.4, 0.5) is 5.69 Å². The molecule has 148 valence electrons. The van der Waals surface area contributed by atoms with Gasteiger partial charge in [0.05, 0.1) is 22.9 Å². The van der Waals surface area contributed by atoms with Gasteiger partial charge in [-0.3, -0.25) is 14.3 Å². The van der Waals surface area contributed by atoms with Crippen molar-refractivity contribution in [3.05, 3.63) is 70.5 Å². The third-order valence-corrected chi connectivity index (χ3v) is 4.47. The third kappa shape index (κ3) is 3.05. The first-order valence-corrected chi connectivity index (χ1v) is 8.87. The van der Waals surface area contributed by atoms with E-state index < -0.39 is 5.76 Å². The second kappa shape index (κ2) is 6.85. The number of pyridine rings is 1. The van der Waals surface area contributed by atoms with Crippen LogP contribution in [0.2, 0.25) is 0 Å². The summed E-state index contributed by atoms with van der Waals surface area (Å²) in [6.45, 7) is 1.73. The molecule has 0 bridgehead atoms. The normalized spacial score (nSPS) is 11.1. The lowest BCUT2D eigenvalue weighted by atomic mass is 10.1. The number of H-pyrrole nitrogens is 1. The molecule has 5 rings (SSSR count). The lowest BCUT2D eigenvalue weighted by Crippen LogP contribution is -2.13. The summed E-state index contributed by atoms with van der Waals surface area (Å²) in [5.41, 5.74) is 2.65. The molecule has 0 unspecified atom stereocenters. The standard InChI is InChI=1S/C20H13N5O5/c1-10-16-13(9-14(15-6-3-7-28-15)22-19(16)29-24-10)18(26)21-12-5-2-4-11(8-12)17-23-20(27)30-25-17/h2-9H,1H3,(H,21,26)(H,23,25,27). The van der Waals surface area contributed by atoms with Crippen LogP contribution in [-0.4, -0.2) is 26.2 Å². The quantitative estimate of drug-likeness (QED) is 0.465. The van der Waals surface area contributed by atoms with E-state index in [0.717, 1.165) is 0 Å². The van der Waals surface area contributed by atoms with Crippen molar-refractivity contribution in [1.82, 2.24) is 20.3 Å². The number of aromatic nitrogens is 4. The highest BCUT2D eigenvalue weighted by Gasteiger charge is 2.20. The van der Waals surface area contributed by atoms with Gasteiger partial charge in [-0.25, -0.2) is 9.78 Å². The molecule has 0 radical (unpaired) electrons. The van der Waals surface area contributed by atoms with E-state index in [1.165, 1.54) is 6.26 Å². The minimum atomic E-state index is -0.660. The Morgan fingerprint density at radius 1 is 1.10 bits per heavy atom. The fourth-order valence-corrected chi connectivity index (χ4v) is 3.12. The molecule has 0 aliphatic heterocycles. The Bertz CT molecular complexity index is 1430. The van der Waals surface area contributed by atoms with E-state index in [0.29, 0.717) is 39.3 Å². The number of amides is 1. The Balaban J connectivity index is 1.54. The lowest BCUT2D eigenvalue weighted by Gasteiger charge is -2.08. The SMILES string of the molecule is Cc1noc2nc(-c3ccco3)cc(C(=O)Nc3cccc(-c4noc(=O)[nH]4)c3)c12. The zero-order valence-electron chi connectivity index (χ0n) is 15.5. The Kier molecular flexibility index (Phi) is 4.02. The summed E-state index contributed by atoms with van der Waals surface area (Å²) in [5, 5.41) is 10.9. The monoisotopic (exact) mass is 403 g/mol. The van der Waals surface area contributed by atoms with E-state index in [4.69, 9.17) is 8.94 Å². The predicted molar refractivity (Wildman–Crippen MR) is 105 cm³/mol. The predicted octanol–water partition coefficient (Wildman–Crippen LogP) is 3.39. The van der Waals surface area contributed by atoms with Gasteiger partial charge in [0.1, 0.15) is 5.69 Å². The molecule has 4 heterocycles. The molecule has 1 aromatic carbocycles. The number of hydrogen-bond donors (Lipinski definition) is 2. The second-order valence-electron chi connectivity index (χ2n) is 6.46. The summed E-state index contributed by atoms with van der Waals surface area (Å²) in [6, 6.07) is 11.9. The summed E-state index contributed by atoms with van der Waals surface area (Å²) < 4.78 is 15.2. The van der Waals surface area contributed by atoms with Crippen molar-refractivity contribution in [2.45, 2.75) is 6.92 Å². The number of anilines is 1. The van der Waals surface area contributed by atoms with Gasteiger partial charge in [0, 0.05) is 11.3 Å². The number of benzene rings is 1. The molecule has 0 saturated carbocycles. The van der Waals surface area contributed by atoms with Crippen molar-refractivity contribution in [2.75, 3.05) is 5.32 Å². The molecular weight excluding hydrogens is 390 g/mol. The molecule has 30 heavy (non-hydrogen) atoms. The minimum absolute atomic E-state index is 0.237. The number of hydrogen-bond acceptors (Lipinski definition) is 8. The highest BCUT2D eigenvalue weighted by atomic mass is 16.5. The smallest absolute Gasteiger partial charge is 0.439 e. The van der Waals surface area contributed by atoms with Crippen LogP contribution < -0.4 is 11.1 Å². The van der Waals surface area contributed by atoms with Crippen molar-refractivity contribution >= 4 is 22.7 Å². The number of nitrogens with zero attached hydrogens (tertiary/aromatic N) is 3. The van der Waals surface area contributed by atoms with Gasteiger partial charge in [-0.15, -0.1) is 0 Å². The van der Waals surface area contributed by atoms with Gasteiger partial charge < -0.3 is 14.3 Å². The van der Waals surface area contributed by atoms with Crippen LogP contribution in [0.1, 0.15) is 16.1 Å². The van der Waals surface area contributed by atoms with Gasteiger partial charge in [-0.2, -0.15) is 0 Å². The van der Waals surface area contributed by atoms with E-state index >= 15 is 0 Å². The lowest BCUT2D eigenvalue weighted by molar-refractivity contribution is 0.102. The molecule has 10 nitrogen and oxygen atoms in total. The summed E-state index contributed by atoms with van der Waals surface area (Å²) in [7, 11) is 0. The molecule has 4 aromatic heterocycles. The van der Waals surface area contributed by atoms with Crippen molar-refractivity contribution in [3.8, 4) is 22.8 Å². The molecule has 1 amide bonds. The van der Waals surface area contributed by atoms with E-state index in [1.807, 2.05) is 0 Å². The molecular formula is C20H13N5O5. The van der Waals surface area contributed by atoms with Gasteiger partial charge >= 0.3 is 5.76 Å². The summed E-state index contributed by atoms with van der Waals surface area (Å²) in [6.07, 6.45) is 1.52. The highest BCUT2D eigenvalue weighted by molar-refractivity contribution is 6.13. The number of carbonyl (C=O) groups excluding carboxylic acids is 1. The van der Waals surface area contributed by atoms with Gasteiger partial charge in [0.2, 0.25) is 0 Å². The topological polar surface area (TPSA) is 140 Å². The number of nitrogens with one attached hydrogen (secondary N) is 2. The molecule has 10 heteroatoms. The number of carbonyl (C=O) groups is 1. The van der Waals surface area contributed by atoms with Crippen LogP contribution in [-0.2, 0) is 0 Å². The first-order chi connectivity index (χ1) is 14.6. The zero-order valence-corrected chi connectivity index (χ0v) is 15.5. The second-order valence-corrected chi connectivity index (χ2v) is 6.46. The average molecular weight is 403 g/mol. The number of aryl methyl sites for hydroxylation is 1. The van der Waals surface area contributed by atoms with E-state index in [9.17, 15) is 9.59 Å². The number of rotatable bonds is 4. The van der Waals surface area contributed by atoms with Crippen molar-refractivity contribution in [1.29, 1.82) is 0 Å². The van der Waals surface area contributed by atoms with E-state index in [2.05, 4.69) is 30.1 Å².